The van der Waals surface area contributed by atoms with Gasteiger partial charge in [-0.3, -0.25) is 4.99 Å². The first kappa shape index (κ1) is 12.9. The van der Waals surface area contributed by atoms with Gasteiger partial charge in [0, 0.05) is 18.7 Å². The standard InChI is InChI=1S/C12H17N7/c13-11(14)19-12(15)18-9-4-2-8(3-5-9)10-16-6-1-7-17-10/h2-5H,1,6-7H2,(H,16,17)(H6,13,14,15,18,19). The van der Waals surface area contributed by atoms with E-state index in [0.29, 0.717) is 5.69 Å². The summed E-state index contributed by atoms with van der Waals surface area (Å²) >= 11 is 0. The van der Waals surface area contributed by atoms with Crippen LogP contribution < -0.4 is 22.5 Å². The van der Waals surface area contributed by atoms with Crippen LogP contribution in [0.2, 0.25) is 0 Å². The van der Waals surface area contributed by atoms with Gasteiger partial charge in [-0.1, -0.05) is 0 Å². The van der Waals surface area contributed by atoms with E-state index >= 15 is 0 Å². The summed E-state index contributed by atoms with van der Waals surface area (Å²) in [4.78, 5) is 12.1. The number of amidine groups is 1. The third kappa shape index (κ3) is 3.70. The highest BCUT2D eigenvalue weighted by molar-refractivity contribution is 5.99. The lowest BCUT2D eigenvalue weighted by molar-refractivity contribution is 0.742. The molecule has 0 amide bonds. The Kier molecular flexibility index (Phi) is 3.97. The van der Waals surface area contributed by atoms with Crippen molar-refractivity contribution in [3.05, 3.63) is 29.8 Å². The average Bonchev–Trinajstić information content (AvgIpc) is 2.39. The molecule has 0 radical (unpaired) electrons. The first-order valence-corrected chi connectivity index (χ1v) is 5.98. The number of nitrogens with zero attached hydrogens (tertiary/aromatic N) is 3. The number of nitrogens with one attached hydrogen (secondary N) is 1. The van der Waals surface area contributed by atoms with E-state index in [1.807, 2.05) is 24.3 Å². The fourth-order valence-electron chi connectivity index (χ4n) is 1.71. The van der Waals surface area contributed by atoms with Gasteiger partial charge in [-0.25, -0.2) is 4.99 Å². The van der Waals surface area contributed by atoms with Crippen molar-refractivity contribution < 1.29 is 0 Å². The lowest BCUT2D eigenvalue weighted by atomic mass is 10.1. The van der Waals surface area contributed by atoms with E-state index < -0.39 is 0 Å². The van der Waals surface area contributed by atoms with E-state index in [4.69, 9.17) is 17.2 Å². The highest BCUT2D eigenvalue weighted by atomic mass is 15.1. The Balaban J connectivity index is 2.14. The molecule has 0 spiro atoms. The summed E-state index contributed by atoms with van der Waals surface area (Å²) < 4.78 is 0. The number of guanidine groups is 2. The molecule has 0 saturated carbocycles. The van der Waals surface area contributed by atoms with E-state index in [-0.39, 0.29) is 11.9 Å². The molecule has 1 aromatic rings. The summed E-state index contributed by atoms with van der Waals surface area (Å²) in [5, 5.41) is 3.26. The molecule has 0 atom stereocenters. The van der Waals surface area contributed by atoms with Gasteiger partial charge in [0.2, 0.25) is 5.96 Å². The molecule has 7 N–H and O–H groups in total. The molecule has 0 unspecified atom stereocenters. The third-order valence-electron chi connectivity index (χ3n) is 2.53. The van der Waals surface area contributed by atoms with E-state index in [9.17, 15) is 0 Å². The molecular weight excluding hydrogens is 242 g/mol. The molecule has 0 aliphatic carbocycles. The van der Waals surface area contributed by atoms with Crippen molar-refractivity contribution in [2.24, 2.45) is 32.2 Å². The second kappa shape index (κ2) is 5.85. The minimum Gasteiger partial charge on any atom is -0.370 e. The maximum atomic E-state index is 5.55. The van der Waals surface area contributed by atoms with Gasteiger partial charge in [-0.2, -0.15) is 4.99 Å². The zero-order valence-corrected chi connectivity index (χ0v) is 10.5. The number of benzene rings is 1. The maximum absolute atomic E-state index is 5.55. The normalized spacial score (nSPS) is 15.4. The monoisotopic (exact) mass is 259 g/mol. The van der Waals surface area contributed by atoms with E-state index in [0.717, 1.165) is 30.9 Å². The highest BCUT2D eigenvalue weighted by Gasteiger charge is 2.06. The number of rotatable bonds is 2. The van der Waals surface area contributed by atoms with Gasteiger partial charge in [0.15, 0.2) is 5.96 Å². The number of aliphatic imine (C=N–C) groups is 3. The Bertz CT molecular complexity index is 524. The van der Waals surface area contributed by atoms with Gasteiger partial charge in [0.25, 0.3) is 0 Å². The van der Waals surface area contributed by atoms with Crippen LogP contribution in [0.25, 0.3) is 0 Å². The Morgan fingerprint density at radius 1 is 1.16 bits per heavy atom. The number of hydrogen-bond acceptors (Lipinski definition) is 3. The minimum absolute atomic E-state index is 0.0286. The van der Waals surface area contributed by atoms with Crippen LogP contribution in [0, 0.1) is 0 Å². The average molecular weight is 259 g/mol. The smallest absolute Gasteiger partial charge is 0.223 e. The lowest BCUT2D eigenvalue weighted by Gasteiger charge is -2.14. The van der Waals surface area contributed by atoms with Crippen LogP contribution in [0.1, 0.15) is 12.0 Å². The van der Waals surface area contributed by atoms with E-state index in [2.05, 4.69) is 20.3 Å². The van der Waals surface area contributed by atoms with Crippen LogP contribution in [0.4, 0.5) is 5.69 Å². The van der Waals surface area contributed by atoms with Crippen molar-refractivity contribution in [3.63, 3.8) is 0 Å². The Morgan fingerprint density at radius 3 is 2.47 bits per heavy atom. The molecule has 0 bridgehead atoms. The minimum atomic E-state index is -0.112. The molecule has 1 aliphatic heterocycles. The molecule has 7 heteroatoms. The van der Waals surface area contributed by atoms with E-state index in [1.165, 1.54) is 0 Å². The predicted octanol–water partition coefficient (Wildman–Crippen LogP) is -0.354. The summed E-state index contributed by atoms with van der Waals surface area (Å²) in [5.41, 5.74) is 17.7. The van der Waals surface area contributed by atoms with Crippen LogP contribution in [-0.2, 0) is 0 Å². The van der Waals surface area contributed by atoms with Crippen LogP contribution in [0.5, 0.6) is 0 Å². The molecule has 2 rings (SSSR count). The molecule has 0 saturated heterocycles. The van der Waals surface area contributed by atoms with Gasteiger partial charge in [-0.05, 0) is 30.7 Å². The van der Waals surface area contributed by atoms with Crippen molar-refractivity contribution in [1.82, 2.24) is 5.32 Å². The Hall–Kier alpha value is -2.57. The SMILES string of the molecule is NC(N)=NC(N)=Nc1ccc(C2=NCCCN2)cc1. The highest BCUT2D eigenvalue weighted by Crippen LogP contribution is 2.14. The Labute approximate surface area is 111 Å². The molecule has 19 heavy (non-hydrogen) atoms. The fourth-order valence-corrected chi connectivity index (χ4v) is 1.71. The Morgan fingerprint density at radius 2 is 1.89 bits per heavy atom. The molecule has 100 valence electrons. The quantitative estimate of drug-likeness (QED) is 0.427. The van der Waals surface area contributed by atoms with Gasteiger partial charge in [0.1, 0.15) is 5.84 Å². The van der Waals surface area contributed by atoms with Crippen molar-refractivity contribution in [3.8, 4) is 0 Å². The van der Waals surface area contributed by atoms with Crippen LogP contribution >= 0.6 is 0 Å². The second-order valence-corrected chi connectivity index (χ2v) is 4.06. The molecule has 0 fully saturated rings. The van der Waals surface area contributed by atoms with Crippen molar-refractivity contribution >= 4 is 23.4 Å². The van der Waals surface area contributed by atoms with Crippen LogP contribution in [0.3, 0.4) is 0 Å². The fraction of sp³-hybridized carbons (Fsp3) is 0.250. The van der Waals surface area contributed by atoms with Crippen molar-refractivity contribution in [2.45, 2.75) is 6.42 Å². The van der Waals surface area contributed by atoms with Gasteiger partial charge in [-0.15, -0.1) is 0 Å². The number of hydrogen-bond donors (Lipinski definition) is 4. The molecule has 1 heterocycles. The largest absolute Gasteiger partial charge is 0.370 e. The van der Waals surface area contributed by atoms with Gasteiger partial charge in [0.05, 0.1) is 5.69 Å². The molecular formula is C12H17N7. The van der Waals surface area contributed by atoms with Crippen LogP contribution in [0.15, 0.2) is 39.2 Å². The summed E-state index contributed by atoms with van der Waals surface area (Å²) in [6.45, 7) is 1.82. The number of nitrogens with two attached hydrogens (primary N) is 3. The van der Waals surface area contributed by atoms with Crippen molar-refractivity contribution in [2.75, 3.05) is 13.1 Å². The lowest BCUT2D eigenvalue weighted by Crippen LogP contribution is -2.30. The summed E-state index contributed by atoms with van der Waals surface area (Å²) in [5.74, 6) is 0.832. The zero-order chi connectivity index (χ0) is 13.7. The molecule has 1 aliphatic rings. The zero-order valence-electron chi connectivity index (χ0n) is 10.5. The summed E-state index contributed by atoms with van der Waals surface area (Å²) in [6, 6.07) is 7.53. The summed E-state index contributed by atoms with van der Waals surface area (Å²) in [7, 11) is 0. The molecule has 1 aromatic carbocycles. The molecule has 0 aromatic heterocycles. The molecule has 7 nitrogen and oxygen atoms in total. The third-order valence-corrected chi connectivity index (χ3v) is 2.53. The van der Waals surface area contributed by atoms with E-state index in [1.54, 1.807) is 0 Å². The second-order valence-electron chi connectivity index (χ2n) is 4.06. The van der Waals surface area contributed by atoms with Gasteiger partial charge < -0.3 is 22.5 Å². The first-order chi connectivity index (χ1) is 9.15. The first-order valence-electron chi connectivity index (χ1n) is 5.98. The van der Waals surface area contributed by atoms with Crippen LogP contribution in [-0.4, -0.2) is 30.8 Å². The van der Waals surface area contributed by atoms with Gasteiger partial charge >= 0.3 is 0 Å². The van der Waals surface area contributed by atoms with Crippen molar-refractivity contribution in [1.29, 1.82) is 0 Å². The maximum Gasteiger partial charge on any atom is 0.223 e. The summed E-state index contributed by atoms with van der Waals surface area (Å²) in [6.07, 6.45) is 1.07. The topological polar surface area (TPSA) is 127 Å². The predicted molar refractivity (Wildman–Crippen MR) is 77.6 cm³/mol.